The lowest BCUT2D eigenvalue weighted by molar-refractivity contribution is -0.0600. The highest BCUT2D eigenvalue weighted by Gasteiger charge is 2.36. The Morgan fingerprint density at radius 3 is 2.93 bits per heavy atom. The first kappa shape index (κ1) is 9.73. The van der Waals surface area contributed by atoms with Gasteiger partial charge in [0.15, 0.2) is 0 Å². The monoisotopic (exact) mass is 213 g/mol. The largest absolute Gasteiger partial charge is 0.383 e. The van der Waals surface area contributed by atoms with Crippen molar-refractivity contribution in [2.75, 3.05) is 24.7 Å². The molecule has 0 atom stereocenters. The van der Waals surface area contributed by atoms with Crippen LogP contribution in [-0.2, 0) is 4.74 Å². The molecule has 0 aromatic carbocycles. The summed E-state index contributed by atoms with van der Waals surface area (Å²) in [5, 5.41) is 4.33. The van der Waals surface area contributed by atoms with Crippen molar-refractivity contribution in [2.24, 2.45) is 0 Å². The summed E-state index contributed by atoms with van der Waals surface area (Å²) < 4.78 is 9.50. The quantitative estimate of drug-likeness (QED) is 0.799. The predicted molar refractivity (Wildman–Crippen MR) is 58.6 cm³/mol. The Bertz CT molecular complexity index is 303. The van der Waals surface area contributed by atoms with Gasteiger partial charge in [-0.15, -0.1) is 0 Å². The van der Waals surface area contributed by atoms with Gasteiger partial charge < -0.3 is 15.8 Å². The van der Waals surface area contributed by atoms with Crippen molar-refractivity contribution < 1.29 is 4.74 Å². The second-order valence-electron chi connectivity index (χ2n) is 3.71. The number of hydrogen-bond donors (Lipinski definition) is 2. The molecule has 1 saturated carbocycles. The minimum absolute atomic E-state index is 0.0543. The SMILES string of the molecule is COC1(CNc2cc(N)ns2)CCC1. The van der Waals surface area contributed by atoms with Crippen LogP contribution in [0.2, 0.25) is 0 Å². The number of aromatic nitrogens is 1. The van der Waals surface area contributed by atoms with E-state index in [4.69, 9.17) is 10.5 Å². The molecule has 4 nitrogen and oxygen atoms in total. The van der Waals surface area contributed by atoms with Gasteiger partial charge in [0.2, 0.25) is 0 Å². The van der Waals surface area contributed by atoms with E-state index in [1.807, 2.05) is 6.07 Å². The first-order valence-corrected chi connectivity index (χ1v) is 5.53. The Morgan fingerprint density at radius 2 is 2.50 bits per heavy atom. The molecule has 14 heavy (non-hydrogen) atoms. The first-order chi connectivity index (χ1) is 6.74. The summed E-state index contributed by atoms with van der Waals surface area (Å²) in [7, 11) is 1.78. The van der Waals surface area contributed by atoms with Gasteiger partial charge in [0.1, 0.15) is 10.8 Å². The van der Waals surface area contributed by atoms with Crippen molar-refractivity contribution in [3.63, 3.8) is 0 Å². The molecule has 1 fully saturated rings. The molecule has 1 aliphatic rings. The maximum Gasteiger partial charge on any atom is 0.139 e. The second kappa shape index (κ2) is 3.74. The molecule has 1 heterocycles. The molecule has 1 aromatic rings. The number of nitrogens with zero attached hydrogens (tertiary/aromatic N) is 1. The topological polar surface area (TPSA) is 60.2 Å². The smallest absolute Gasteiger partial charge is 0.139 e. The van der Waals surface area contributed by atoms with Crippen molar-refractivity contribution in [1.29, 1.82) is 0 Å². The number of ether oxygens (including phenoxy) is 1. The minimum atomic E-state index is 0.0543. The molecule has 2 rings (SSSR count). The van der Waals surface area contributed by atoms with Gasteiger partial charge in [-0.05, 0) is 30.8 Å². The highest BCUT2D eigenvalue weighted by Crippen LogP contribution is 2.35. The zero-order chi connectivity index (χ0) is 10.0. The molecule has 0 aliphatic heterocycles. The molecule has 0 radical (unpaired) electrons. The highest BCUT2D eigenvalue weighted by molar-refractivity contribution is 7.10. The van der Waals surface area contributed by atoms with Gasteiger partial charge in [-0.2, -0.15) is 4.37 Å². The van der Waals surface area contributed by atoms with Gasteiger partial charge in [-0.3, -0.25) is 0 Å². The lowest BCUT2D eigenvalue weighted by Crippen LogP contribution is -2.45. The summed E-state index contributed by atoms with van der Waals surface area (Å²) in [6.07, 6.45) is 3.55. The fourth-order valence-corrected chi connectivity index (χ4v) is 2.21. The van der Waals surface area contributed by atoms with Crippen LogP contribution in [0.4, 0.5) is 10.8 Å². The van der Waals surface area contributed by atoms with E-state index in [9.17, 15) is 0 Å². The molecular formula is C9H15N3OS. The van der Waals surface area contributed by atoms with E-state index in [2.05, 4.69) is 9.69 Å². The molecule has 5 heteroatoms. The molecule has 0 bridgehead atoms. The van der Waals surface area contributed by atoms with Crippen LogP contribution in [0.5, 0.6) is 0 Å². The van der Waals surface area contributed by atoms with Crippen LogP contribution in [0.3, 0.4) is 0 Å². The van der Waals surface area contributed by atoms with Crippen LogP contribution < -0.4 is 11.1 Å². The van der Waals surface area contributed by atoms with Gasteiger partial charge in [0, 0.05) is 19.7 Å². The van der Waals surface area contributed by atoms with Gasteiger partial charge in [-0.1, -0.05) is 0 Å². The van der Waals surface area contributed by atoms with E-state index in [-0.39, 0.29) is 5.60 Å². The predicted octanol–water partition coefficient (Wildman–Crippen LogP) is 1.71. The van der Waals surface area contributed by atoms with Crippen molar-refractivity contribution in [3.8, 4) is 0 Å². The lowest BCUT2D eigenvalue weighted by atomic mass is 9.80. The average molecular weight is 213 g/mol. The lowest BCUT2D eigenvalue weighted by Gasteiger charge is -2.40. The molecule has 0 spiro atoms. The first-order valence-electron chi connectivity index (χ1n) is 4.75. The van der Waals surface area contributed by atoms with Crippen molar-refractivity contribution in [2.45, 2.75) is 24.9 Å². The third-order valence-electron chi connectivity index (χ3n) is 2.81. The maximum atomic E-state index is 5.52. The summed E-state index contributed by atoms with van der Waals surface area (Å²) in [4.78, 5) is 0. The van der Waals surface area contributed by atoms with E-state index >= 15 is 0 Å². The summed E-state index contributed by atoms with van der Waals surface area (Å²) >= 11 is 1.39. The van der Waals surface area contributed by atoms with Crippen LogP contribution in [-0.4, -0.2) is 23.6 Å². The Kier molecular flexibility index (Phi) is 2.60. The number of rotatable bonds is 4. The van der Waals surface area contributed by atoms with Crippen molar-refractivity contribution in [1.82, 2.24) is 4.37 Å². The molecule has 78 valence electrons. The summed E-state index contributed by atoms with van der Waals surface area (Å²) in [6.45, 7) is 0.852. The Labute approximate surface area is 87.6 Å². The summed E-state index contributed by atoms with van der Waals surface area (Å²) in [5.74, 6) is 0.581. The standard InChI is InChI=1S/C9H15N3OS/c1-13-9(3-2-4-9)6-11-8-5-7(10)12-14-8/h5,11H,2-4,6H2,1H3,(H2,10,12). The van der Waals surface area contributed by atoms with E-state index in [0.717, 1.165) is 24.4 Å². The zero-order valence-corrected chi connectivity index (χ0v) is 9.06. The number of nitrogen functional groups attached to an aromatic ring is 1. The third-order valence-corrected chi connectivity index (χ3v) is 3.57. The molecule has 0 unspecified atom stereocenters. The third kappa shape index (κ3) is 1.83. The number of hydrogen-bond acceptors (Lipinski definition) is 5. The van der Waals surface area contributed by atoms with Gasteiger partial charge in [-0.25, -0.2) is 0 Å². The molecule has 1 aromatic heterocycles. The summed E-state index contributed by atoms with van der Waals surface area (Å²) in [6, 6.07) is 1.85. The second-order valence-corrected chi connectivity index (χ2v) is 4.52. The van der Waals surface area contributed by atoms with E-state index in [1.54, 1.807) is 7.11 Å². The Morgan fingerprint density at radius 1 is 1.71 bits per heavy atom. The fourth-order valence-electron chi connectivity index (χ4n) is 1.64. The molecular weight excluding hydrogens is 198 g/mol. The van der Waals surface area contributed by atoms with Crippen LogP contribution >= 0.6 is 11.5 Å². The normalized spacial score (nSPS) is 18.9. The average Bonchev–Trinajstić information content (AvgIpc) is 2.50. The fraction of sp³-hybridized carbons (Fsp3) is 0.667. The number of nitrogens with one attached hydrogen (secondary N) is 1. The number of anilines is 2. The van der Waals surface area contributed by atoms with Crippen LogP contribution in [0.1, 0.15) is 19.3 Å². The van der Waals surface area contributed by atoms with Crippen LogP contribution in [0.15, 0.2) is 6.07 Å². The number of methoxy groups -OCH3 is 1. The zero-order valence-electron chi connectivity index (χ0n) is 8.25. The van der Waals surface area contributed by atoms with Gasteiger partial charge in [0.05, 0.1) is 5.60 Å². The van der Waals surface area contributed by atoms with E-state index in [0.29, 0.717) is 5.82 Å². The number of nitrogens with two attached hydrogens (primary N) is 1. The molecule has 0 amide bonds. The highest BCUT2D eigenvalue weighted by atomic mass is 32.1. The molecule has 1 aliphatic carbocycles. The van der Waals surface area contributed by atoms with Crippen LogP contribution in [0, 0.1) is 0 Å². The van der Waals surface area contributed by atoms with Crippen molar-refractivity contribution >= 4 is 22.4 Å². The minimum Gasteiger partial charge on any atom is -0.383 e. The molecule has 0 saturated heterocycles. The molecule has 3 N–H and O–H groups in total. The maximum absolute atomic E-state index is 5.52. The van der Waals surface area contributed by atoms with E-state index < -0.39 is 0 Å². The van der Waals surface area contributed by atoms with Gasteiger partial charge in [0.25, 0.3) is 0 Å². The van der Waals surface area contributed by atoms with Gasteiger partial charge >= 0.3 is 0 Å². The van der Waals surface area contributed by atoms with Crippen LogP contribution in [0.25, 0.3) is 0 Å². The van der Waals surface area contributed by atoms with Crippen molar-refractivity contribution in [3.05, 3.63) is 6.07 Å². The summed E-state index contributed by atoms with van der Waals surface area (Å²) in [5.41, 5.74) is 5.58. The Balaban J connectivity index is 1.87. The van der Waals surface area contributed by atoms with E-state index in [1.165, 1.54) is 18.0 Å². The Hall–Kier alpha value is -0.810.